The summed E-state index contributed by atoms with van der Waals surface area (Å²) < 4.78 is 0.949. The Labute approximate surface area is 120 Å². The summed E-state index contributed by atoms with van der Waals surface area (Å²) in [6.45, 7) is 0.750. The number of pyridine rings is 2. The van der Waals surface area contributed by atoms with Crippen molar-refractivity contribution in [2.24, 2.45) is 11.7 Å². The molecule has 0 aliphatic heterocycles. The van der Waals surface area contributed by atoms with Crippen LogP contribution in [0.5, 0.6) is 0 Å². The molecule has 0 bridgehead atoms. The SMILES string of the molecule is NCC1CCCC1Nc1ccnc2cc(Br)cnc12. The Morgan fingerprint density at radius 3 is 3.11 bits per heavy atom. The van der Waals surface area contributed by atoms with Gasteiger partial charge in [0.2, 0.25) is 0 Å². The highest BCUT2D eigenvalue weighted by atomic mass is 79.9. The molecule has 1 aliphatic carbocycles. The van der Waals surface area contributed by atoms with Gasteiger partial charge in [-0.15, -0.1) is 0 Å². The van der Waals surface area contributed by atoms with Crippen molar-refractivity contribution < 1.29 is 0 Å². The van der Waals surface area contributed by atoms with Gasteiger partial charge < -0.3 is 11.1 Å². The molecule has 1 aliphatic rings. The Hall–Kier alpha value is -1.20. The smallest absolute Gasteiger partial charge is 0.112 e. The van der Waals surface area contributed by atoms with Crippen LogP contribution in [0.15, 0.2) is 29.0 Å². The first-order chi connectivity index (χ1) is 9.28. The number of hydrogen-bond donors (Lipinski definition) is 2. The second kappa shape index (κ2) is 5.43. The summed E-state index contributed by atoms with van der Waals surface area (Å²) in [6, 6.07) is 4.44. The van der Waals surface area contributed by atoms with Crippen molar-refractivity contribution in [3.8, 4) is 0 Å². The second-order valence-corrected chi connectivity index (χ2v) is 5.97. The molecule has 2 atom stereocenters. The normalized spacial score (nSPS) is 22.8. The van der Waals surface area contributed by atoms with Crippen LogP contribution in [0.25, 0.3) is 11.0 Å². The number of aromatic nitrogens is 2. The molecule has 1 fully saturated rings. The van der Waals surface area contributed by atoms with Crippen LogP contribution in [0, 0.1) is 5.92 Å². The zero-order valence-electron chi connectivity index (χ0n) is 10.6. The fourth-order valence-corrected chi connectivity index (χ4v) is 3.15. The molecule has 0 spiro atoms. The first kappa shape index (κ1) is 12.8. The molecule has 0 amide bonds. The molecule has 0 radical (unpaired) electrons. The van der Waals surface area contributed by atoms with E-state index in [4.69, 9.17) is 5.73 Å². The molecular formula is C14H17BrN4. The molecule has 100 valence electrons. The van der Waals surface area contributed by atoms with Crippen molar-refractivity contribution in [3.05, 3.63) is 29.0 Å². The van der Waals surface area contributed by atoms with Crippen molar-refractivity contribution in [2.75, 3.05) is 11.9 Å². The van der Waals surface area contributed by atoms with Gasteiger partial charge in [0.05, 0.1) is 11.2 Å². The minimum Gasteiger partial charge on any atom is -0.380 e. The lowest BCUT2D eigenvalue weighted by Gasteiger charge is -2.21. The van der Waals surface area contributed by atoms with E-state index < -0.39 is 0 Å². The van der Waals surface area contributed by atoms with Crippen LogP contribution in [0.3, 0.4) is 0 Å². The van der Waals surface area contributed by atoms with Crippen LogP contribution in [-0.2, 0) is 0 Å². The van der Waals surface area contributed by atoms with Crippen LogP contribution < -0.4 is 11.1 Å². The fraction of sp³-hybridized carbons (Fsp3) is 0.429. The fourth-order valence-electron chi connectivity index (χ4n) is 2.83. The molecule has 0 aromatic carbocycles. The van der Waals surface area contributed by atoms with Crippen LogP contribution >= 0.6 is 15.9 Å². The zero-order chi connectivity index (χ0) is 13.2. The van der Waals surface area contributed by atoms with E-state index in [1.54, 1.807) is 0 Å². The van der Waals surface area contributed by atoms with E-state index in [1.807, 2.05) is 24.5 Å². The van der Waals surface area contributed by atoms with Crippen molar-refractivity contribution in [1.82, 2.24) is 9.97 Å². The molecule has 19 heavy (non-hydrogen) atoms. The highest BCUT2D eigenvalue weighted by molar-refractivity contribution is 9.10. The predicted octanol–water partition coefficient (Wildman–Crippen LogP) is 2.93. The number of nitrogens with zero attached hydrogens (tertiary/aromatic N) is 2. The largest absolute Gasteiger partial charge is 0.380 e. The topological polar surface area (TPSA) is 63.8 Å². The third kappa shape index (κ3) is 2.58. The Morgan fingerprint density at radius 1 is 1.37 bits per heavy atom. The van der Waals surface area contributed by atoms with Gasteiger partial charge in [0.25, 0.3) is 0 Å². The summed E-state index contributed by atoms with van der Waals surface area (Å²) >= 11 is 3.43. The maximum Gasteiger partial charge on any atom is 0.112 e. The lowest BCUT2D eigenvalue weighted by Crippen LogP contribution is -2.29. The number of halogens is 1. The summed E-state index contributed by atoms with van der Waals surface area (Å²) in [5, 5.41) is 3.61. The van der Waals surface area contributed by atoms with E-state index in [9.17, 15) is 0 Å². The van der Waals surface area contributed by atoms with Crippen LogP contribution in [-0.4, -0.2) is 22.6 Å². The molecule has 5 heteroatoms. The van der Waals surface area contributed by atoms with E-state index >= 15 is 0 Å². The Balaban J connectivity index is 1.92. The zero-order valence-corrected chi connectivity index (χ0v) is 12.2. The monoisotopic (exact) mass is 320 g/mol. The third-order valence-corrected chi connectivity index (χ3v) is 4.28. The van der Waals surface area contributed by atoms with E-state index in [1.165, 1.54) is 19.3 Å². The first-order valence-corrected chi connectivity index (χ1v) is 7.44. The average molecular weight is 321 g/mol. The van der Waals surface area contributed by atoms with Crippen molar-refractivity contribution in [2.45, 2.75) is 25.3 Å². The van der Waals surface area contributed by atoms with Gasteiger partial charge >= 0.3 is 0 Å². The van der Waals surface area contributed by atoms with Gasteiger partial charge in [0, 0.05) is 22.9 Å². The molecule has 0 saturated heterocycles. The van der Waals surface area contributed by atoms with Gasteiger partial charge in [-0.1, -0.05) is 6.42 Å². The lowest BCUT2D eigenvalue weighted by atomic mass is 10.0. The van der Waals surface area contributed by atoms with E-state index in [0.717, 1.165) is 27.7 Å². The van der Waals surface area contributed by atoms with Gasteiger partial charge in [0.1, 0.15) is 5.52 Å². The first-order valence-electron chi connectivity index (χ1n) is 6.65. The molecular weight excluding hydrogens is 304 g/mol. The molecule has 2 heterocycles. The lowest BCUT2D eigenvalue weighted by molar-refractivity contribution is 0.517. The highest BCUT2D eigenvalue weighted by Crippen LogP contribution is 2.30. The summed E-state index contributed by atoms with van der Waals surface area (Å²) in [7, 11) is 0. The minimum absolute atomic E-state index is 0.459. The van der Waals surface area contributed by atoms with Crippen LogP contribution in [0.2, 0.25) is 0 Å². The Bertz CT molecular complexity index is 587. The van der Waals surface area contributed by atoms with Gasteiger partial charge in [-0.25, -0.2) is 0 Å². The van der Waals surface area contributed by atoms with E-state index in [0.29, 0.717) is 12.0 Å². The second-order valence-electron chi connectivity index (χ2n) is 5.06. The van der Waals surface area contributed by atoms with Crippen molar-refractivity contribution in [1.29, 1.82) is 0 Å². The molecule has 2 aromatic rings. The molecule has 2 unspecified atom stereocenters. The Morgan fingerprint density at radius 2 is 2.26 bits per heavy atom. The number of nitrogens with one attached hydrogen (secondary N) is 1. The number of nitrogens with two attached hydrogens (primary N) is 1. The van der Waals surface area contributed by atoms with E-state index in [-0.39, 0.29) is 0 Å². The number of fused-ring (bicyclic) bond motifs is 1. The van der Waals surface area contributed by atoms with Gasteiger partial charge in [-0.05, 0) is 53.4 Å². The third-order valence-electron chi connectivity index (χ3n) is 3.85. The molecule has 2 aromatic heterocycles. The predicted molar refractivity (Wildman–Crippen MR) is 81.0 cm³/mol. The molecule has 3 N–H and O–H groups in total. The molecule has 3 rings (SSSR count). The maximum atomic E-state index is 5.84. The molecule has 1 saturated carbocycles. The standard InChI is InChI=1S/C14H17BrN4/c15-10-6-13-14(18-8-10)12(4-5-17-13)19-11-3-1-2-9(11)7-16/h4-6,8-9,11H,1-3,7,16H2,(H,17,19). The number of hydrogen-bond acceptors (Lipinski definition) is 4. The van der Waals surface area contributed by atoms with Gasteiger partial charge in [-0.3, -0.25) is 9.97 Å². The van der Waals surface area contributed by atoms with E-state index in [2.05, 4.69) is 31.2 Å². The highest BCUT2D eigenvalue weighted by Gasteiger charge is 2.26. The van der Waals surface area contributed by atoms with Crippen molar-refractivity contribution >= 4 is 32.7 Å². The maximum absolute atomic E-state index is 5.84. The summed E-state index contributed by atoms with van der Waals surface area (Å²) in [4.78, 5) is 8.83. The van der Waals surface area contributed by atoms with Gasteiger partial charge in [0.15, 0.2) is 0 Å². The summed E-state index contributed by atoms with van der Waals surface area (Å²) in [6.07, 6.45) is 7.29. The summed E-state index contributed by atoms with van der Waals surface area (Å²) in [5.74, 6) is 0.568. The Kier molecular flexibility index (Phi) is 3.66. The summed E-state index contributed by atoms with van der Waals surface area (Å²) in [5.41, 5.74) is 8.72. The minimum atomic E-state index is 0.459. The average Bonchev–Trinajstić information content (AvgIpc) is 2.86. The van der Waals surface area contributed by atoms with Crippen LogP contribution in [0.4, 0.5) is 5.69 Å². The number of anilines is 1. The van der Waals surface area contributed by atoms with Gasteiger partial charge in [-0.2, -0.15) is 0 Å². The number of rotatable bonds is 3. The van der Waals surface area contributed by atoms with Crippen molar-refractivity contribution in [3.63, 3.8) is 0 Å². The molecule has 4 nitrogen and oxygen atoms in total. The quantitative estimate of drug-likeness (QED) is 0.912. The van der Waals surface area contributed by atoms with Crippen LogP contribution in [0.1, 0.15) is 19.3 Å².